The molecular weight excluding hydrogens is 216 g/mol. The molecule has 0 heterocycles. The molecule has 0 N–H and O–H groups in total. The first-order chi connectivity index (χ1) is 8.67. The van der Waals surface area contributed by atoms with E-state index in [2.05, 4.69) is 34.6 Å². The van der Waals surface area contributed by atoms with Crippen LogP contribution in [-0.4, -0.2) is 0 Å². The quantitative estimate of drug-likeness (QED) is 0.335. The van der Waals surface area contributed by atoms with Crippen molar-refractivity contribution in [1.82, 2.24) is 0 Å². The second kappa shape index (κ2) is 12.1. The zero-order valence-electron chi connectivity index (χ0n) is 13.8. The van der Waals surface area contributed by atoms with Crippen LogP contribution in [0, 0.1) is 17.8 Å². The molecule has 0 aliphatic carbocycles. The van der Waals surface area contributed by atoms with Gasteiger partial charge in [0, 0.05) is 0 Å². The van der Waals surface area contributed by atoms with Crippen LogP contribution in [-0.2, 0) is 0 Å². The lowest BCUT2D eigenvalue weighted by atomic mass is 9.77. The molecule has 0 saturated heterocycles. The highest BCUT2D eigenvalue weighted by Crippen LogP contribution is 2.32. The van der Waals surface area contributed by atoms with Gasteiger partial charge in [0.1, 0.15) is 0 Å². The van der Waals surface area contributed by atoms with Crippen molar-refractivity contribution < 1.29 is 0 Å². The molecule has 0 aromatic heterocycles. The summed E-state index contributed by atoms with van der Waals surface area (Å²) in [6.45, 7) is 12.0. The van der Waals surface area contributed by atoms with Gasteiger partial charge in [-0.15, -0.1) is 0 Å². The molecule has 0 heteroatoms. The number of unbranched alkanes of at least 4 members (excludes halogenated alkanes) is 4. The van der Waals surface area contributed by atoms with Gasteiger partial charge < -0.3 is 0 Å². The standard InChI is InChI=1S/C18H38/c1-6-9-12-13-16(4)17(5)18(14-10-7-2)15-11-8-3/h16-18H,6-15H2,1-5H3. The zero-order valence-corrected chi connectivity index (χ0v) is 13.8. The molecule has 0 bridgehead atoms. The van der Waals surface area contributed by atoms with E-state index in [1.807, 2.05) is 0 Å². The first kappa shape index (κ1) is 18.0. The molecule has 0 aromatic rings. The lowest BCUT2D eigenvalue weighted by Crippen LogP contribution is -2.19. The molecule has 110 valence electrons. The Morgan fingerprint density at radius 2 is 1.11 bits per heavy atom. The molecule has 0 aliphatic heterocycles. The summed E-state index contributed by atoms with van der Waals surface area (Å²) >= 11 is 0. The molecule has 0 amide bonds. The van der Waals surface area contributed by atoms with E-state index < -0.39 is 0 Å². The van der Waals surface area contributed by atoms with E-state index >= 15 is 0 Å². The molecule has 18 heavy (non-hydrogen) atoms. The minimum absolute atomic E-state index is 0.926. The van der Waals surface area contributed by atoms with Crippen LogP contribution in [0.15, 0.2) is 0 Å². The molecule has 2 atom stereocenters. The Morgan fingerprint density at radius 1 is 0.611 bits per heavy atom. The van der Waals surface area contributed by atoms with Gasteiger partial charge in [0.25, 0.3) is 0 Å². The fraction of sp³-hybridized carbons (Fsp3) is 1.00. The highest BCUT2D eigenvalue weighted by atomic mass is 14.3. The molecule has 2 unspecified atom stereocenters. The maximum Gasteiger partial charge on any atom is -0.0386 e. The normalized spacial score (nSPS) is 15.0. The van der Waals surface area contributed by atoms with E-state index in [1.54, 1.807) is 0 Å². The molecular formula is C18H38. The Morgan fingerprint density at radius 3 is 1.56 bits per heavy atom. The van der Waals surface area contributed by atoms with E-state index in [9.17, 15) is 0 Å². The monoisotopic (exact) mass is 254 g/mol. The topological polar surface area (TPSA) is 0 Å². The number of rotatable bonds is 12. The summed E-state index contributed by atoms with van der Waals surface area (Å²) in [5, 5.41) is 0. The maximum absolute atomic E-state index is 2.52. The van der Waals surface area contributed by atoms with Crippen LogP contribution in [0.25, 0.3) is 0 Å². The number of hydrogen-bond donors (Lipinski definition) is 0. The third-order valence-corrected chi connectivity index (χ3v) is 4.76. The first-order valence-corrected chi connectivity index (χ1v) is 8.67. The van der Waals surface area contributed by atoms with E-state index in [-0.39, 0.29) is 0 Å². The summed E-state index contributed by atoms with van der Waals surface area (Å²) in [6.07, 6.45) is 14.2. The summed E-state index contributed by atoms with van der Waals surface area (Å²) in [7, 11) is 0. The first-order valence-electron chi connectivity index (χ1n) is 8.67. The van der Waals surface area contributed by atoms with E-state index in [1.165, 1.54) is 64.2 Å². The Hall–Kier alpha value is 0. The fourth-order valence-corrected chi connectivity index (χ4v) is 3.05. The van der Waals surface area contributed by atoms with Crippen molar-refractivity contribution in [3.63, 3.8) is 0 Å². The summed E-state index contributed by atoms with van der Waals surface area (Å²) in [6, 6.07) is 0. The predicted molar refractivity (Wildman–Crippen MR) is 85.0 cm³/mol. The molecule has 0 aromatic carbocycles. The second-order valence-corrected chi connectivity index (χ2v) is 6.38. The van der Waals surface area contributed by atoms with Gasteiger partial charge in [-0.05, 0) is 17.8 Å². The van der Waals surface area contributed by atoms with Crippen LogP contribution >= 0.6 is 0 Å². The summed E-state index contributed by atoms with van der Waals surface area (Å²) in [4.78, 5) is 0. The Labute approximate surface area is 117 Å². The van der Waals surface area contributed by atoms with Crippen LogP contribution in [0.3, 0.4) is 0 Å². The SMILES string of the molecule is CCCCCC(C)C(C)C(CCCC)CCCC. The van der Waals surface area contributed by atoms with Crippen LogP contribution < -0.4 is 0 Å². The average Bonchev–Trinajstić information content (AvgIpc) is 2.38. The van der Waals surface area contributed by atoms with Gasteiger partial charge in [0.05, 0.1) is 0 Å². The Balaban J connectivity index is 4.10. The third-order valence-electron chi connectivity index (χ3n) is 4.76. The predicted octanol–water partition coefficient (Wildman–Crippen LogP) is 6.84. The van der Waals surface area contributed by atoms with Gasteiger partial charge in [-0.3, -0.25) is 0 Å². The average molecular weight is 255 g/mol. The smallest absolute Gasteiger partial charge is 0.0386 e. The van der Waals surface area contributed by atoms with Crippen molar-refractivity contribution in [1.29, 1.82) is 0 Å². The number of hydrogen-bond acceptors (Lipinski definition) is 0. The van der Waals surface area contributed by atoms with Crippen LogP contribution in [0.1, 0.15) is 98.8 Å². The van der Waals surface area contributed by atoms with E-state index in [4.69, 9.17) is 0 Å². The third kappa shape index (κ3) is 8.16. The van der Waals surface area contributed by atoms with Gasteiger partial charge in [0.2, 0.25) is 0 Å². The highest BCUT2D eigenvalue weighted by Gasteiger charge is 2.21. The minimum atomic E-state index is 0.926. The van der Waals surface area contributed by atoms with Gasteiger partial charge in [-0.1, -0.05) is 98.8 Å². The summed E-state index contributed by atoms with van der Waals surface area (Å²) in [5.41, 5.74) is 0. The van der Waals surface area contributed by atoms with Crippen molar-refractivity contribution in [2.75, 3.05) is 0 Å². The lowest BCUT2D eigenvalue weighted by molar-refractivity contribution is 0.215. The van der Waals surface area contributed by atoms with Crippen molar-refractivity contribution in [3.8, 4) is 0 Å². The summed E-state index contributed by atoms with van der Waals surface area (Å²) in [5.74, 6) is 2.84. The lowest BCUT2D eigenvalue weighted by Gasteiger charge is -2.29. The molecule has 0 aliphatic rings. The van der Waals surface area contributed by atoms with Crippen molar-refractivity contribution in [3.05, 3.63) is 0 Å². The van der Waals surface area contributed by atoms with Gasteiger partial charge >= 0.3 is 0 Å². The molecule has 0 radical (unpaired) electrons. The van der Waals surface area contributed by atoms with Crippen molar-refractivity contribution in [2.24, 2.45) is 17.8 Å². The summed E-state index contributed by atoms with van der Waals surface area (Å²) < 4.78 is 0. The Bertz CT molecular complexity index is 153. The second-order valence-electron chi connectivity index (χ2n) is 6.38. The fourth-order valence-electron chi connectivity index (χ4n) is 3.05. The van der Waals surface area contributed by atoms with Gasteiger partial charge in [0.15, 0.2) is 0 Å². The van der Waals surface area contributed by atoms with Crippen LogP contribution in [0.5, 0.6) is 0 Å². The van der Waals surface area contributed by atoms with E-state index in [0.29, 0.717) is 0 Å². The molecule has 0 saturated carbocycles. The highest BCUT2D eigenvalue weighted by molar-refractivity contribution is 4.72. The zero-order chi connectivity index (χ0) is 13.8. The van der Waals surface area contributed by atoms with Crippen LogP contribution in [0.4, 0.5) is 0 Å². The van der Waals surface area contributed by atoms with Crippen LogP contribution in [0.2, 0.25) is 0 Å². The van der Waals surface area contributed by atoms with Gasteiger partial charge in [-0.2, -0.15) is 0 Å². The minimum Gasteiger partial charge on any atom is -0.0654 e. The maximum atomic E-state index is 2.52. The van der Waals surface area contributed by atoms with Crippen molar-refractivity contribution in [2.45, 2.75) is 98.8 Å². The van der Waals surface area contributed by atoms with Crippen molar-refractivity contribution >= 4 is 0 Å². The Kier molecular flexibility index (Phi) is 12.1. The molecule has 0 fully saturated rings. The largest absolute Gasteiger partial charge is 0.0654 e. The molecule has 0 rings (SSSR count). The van der Waals surface area contributed by atoms with Gasteiger partial charge in [-0.25, -0.2) is 0 Å². The molecule has 0 nitrogen and oxygen atoms in total. The van der Waals surface area contributed by atoms with E-state index in [0.717, 1.165) is 17.8 Å². The molecule has 0 spiro atoms.